The predicted octanol–water partition coefficient (Wildman–Crippen LogP) is 3.25. The maximum absolute atomic E-state index is 5.27. The van der Waals surface area contributed by atoms with Gasteiger partial charge in [0.15, 0.2) is 10.6 Å². The molecule has 0 saturated carbocycles. The molecule has 0 aliphatic carbocycles. The maximum Gasteiger partial charge on any atom is 0.195 e. The molecule has 2 aromatic rings. The van der Waals surface area contributed by atoms with Crippen LogP contribution >= 0.6 is 12.2 Å². The summed E-state index contributed by atoms with van der Waals surface area (Å²) in [6, 6.07) is 8.56. The molecule has 0 aliphatic rings. The first kappa shape index (κ1) is 12.8. The zero-order chi connectivity index (χ0) is 13.3. The number of anilines is 1. The van der Waals surface area contributed by atoms with E-state index < -0.39 is 0 Å². The molecule has 0 spiro atoms. The van der Waals surface area contributed by atoms with Gasteiger partial charge in [0.05, 0.1) is 0 Å². The SMILES string of the molecule is CC(C)n1c(-c2cccc(N(C)C)c2)n[nH]c1=S. The van der Waals surface area contributed by atoms with E-state index >= 15 is 0 Å². The van der Waals surface area contributed by atoms with Crippen LogP contribution in [0.25, 0.3) is 11.4 Å². The van der Waals surface area contributed by atoms with Gasteiger partial charge in [-0.25, -0.2) is 0 Å². The van der Waals surface area contributed by atoms with E-state index in [4.69, 9.17) is 12.2 Å². The van der Waals surface area contributed by atoms with Crippen LogP contribution in [0, 0.1) is 4.77 Å². The molecule has 0 bridgehead atoms. The van der Waals surface area contributed by atoms with Crippen LogP contribution < -0.4 is 4.90 Å². The van der Waals surface area contributed by atoms with Gasteiger partial charge >= 0.3 is 0 Å². The summed E-state index contributed by atoms with van der Waals surface area (Å²) in [5, 5.41) is 7.20. The Morgan fingerprint density at radius 3 is 2.67 bits per heavy atom. The van der Waals surface area contributed by atoms with Gasteiger partial charge in [0.1, 0.15) is 0 Å². The summed E-state index contributed by atoms with van der Waals surface area (Å²) in [5.74, 6) is 0.888. The fourth-order valence-corrected chi connectivity index (χ4v) is 2.25. The van der Waals surface area contributed by atoms with Crippen molar-refractivity contribution in [2.45, 2.75) is 19.9 Å². The molecule has 0 fully saturated rings. The van der Waals surface area contributed by atoms with E-state index in [1.807, 2.05) is 24.7 Å². The van der Waals surface area contributed by atoms with E-state index in [2.05, 4.69) is 47.1 Å². The number of benzene rings is 1. The van der Waals surface area contributed by atoms with Crippen molar-refractivity contribution in [1.82, 2.24) is 14.8 Å². The number of nitrogens with zero attached hydrogens (tertiary/aromatic N) is 3. The smallest absolute Gasteiger partial charge is 0.195 e. The second kappa shape index (κ2) is 4.94. The third kappa shape index (κ3) is 2.31. The highest BCUT2D eigenvalue weighted by Gasteiger charge is 2.11. The molecule has 96 valence electrons. The topological polar surface area (TPSA) is 36.9 Å². The first-order valence-corrected chi connectivity index (χ1v) is 6.36. The number of hydrogen-bond donors (Lipinski definition) is 1. The van der Waals surface area contributed by atoms with Crippen LogP contribution in [-0.2, 0) is 0 Å². The van der Waals surface area contributed by atoms with Gasteiger partial charge in [0, 0.05) is 31.4 Å². The number of aromatic amines is 1. The first-order valence-electron chi connectivity index (χ1n) is 5.95. The summed E-state index contributed by atoms with van der Waals surface area (Å²) in [4.78, 5) is 2.07. The number of H-pyrrole nitrogens is 1. The average molecular weight is 262 g/mol. The van der Waals surface area contributed by atoms with Gasteiger partial charge < -0.3 is 4.90 Å². The van der Waals surface area contributed by atoms with Crippen molar-refractivity contribution in [3.63, 3.8) is 0 Å². The second-order valence-corrected chi connectivity index (χ2v) is 5.15. The summed E-state index contributed by atoms with van der Waals surface area (Å²) in [6.07, 6.45) is 0. The summed E-state index contributed by atoms with van der Waals surface area (Å²) in [7, 11) is 4.05. The Morgan fingerprint density at radius 1 is 1.33 bits per heavy atom. The van der Waals surface area contributed by atoms with Crippen molar-refractivity contribution in [2.24, 2.45) is 0 Å². The lowest BCUT2D eigenvalue weighted by atomic mass is 10.1. The van der Waals surface area contributed by atoms with E-state index in [-0.39, 0.29) is 6.04 Å². The molecule has 0 saturated heterocycles. The molecule has 1 aromatic heterocycles. The third-order valence-electron chi connectivity index (χ3n) is 2.84. The van der Waals surface area contributed by atoms with Gasteiger partial charge in [-0.3, -0.25) is 9.67 Å². The van der Waals surface area contributed by atoms with E-state index in [1.165, 1.54) is 0 Å². The second-order valence-electron chi connectivity index (χ2n) is 4.76. The van der Waals surface area contributed by atoms with Gasteiger partial charge in [-0.2, -0.15) is 5.10 Å². The highest BCUT2D eigenvalue weighted by molar-refractivity contribution is 7.71. The lowest BCUT2D eigenvalue weighted by molar-refractivity contribution is 0.597. The van der Waals surface area contributed by atoms with Crippen molar-refractivity contribution < 1.29 is 0 Å². The minimum absolute atomic E-state index is 0.286. The Labute approximate surface area is 112 Å². The van der Waals surface area contributed by atoms with Gasteiger partial charge in [-0.1, -0.05) is 12.1 Å². The van der Waals surface area contributed by atoms with Crippen molar-refractivity contribution in [1.29, 1.82) is 0 Å². The monoisotopic (exact) mass is 262 g/mol. The van der Waals surface area contributed by atoms with Gasteiger partial charge in [0.2, 0.25) is 0 Å². The van der Waals surface area contributed by atoms with Crippen LogP contribution in [0.2, 0.25) is 0 Å². The lowest BCUT2D eigenvalue weighted by Crippen LogP contribution is -2.09. The third-order valence-corrected chi connectivity index (χ3v) is 3.13. The van der Waals surface area contributed by atoms with Crippen LogP contribution in [0.3, 0.4) is 0 Å². The molecule has 5 heteroatoms. The minimum atomic E-state index is 0.286. The van der Waals surface area contributed by atoms with Crippen LogP contribution in [0.4, 0.5) is 5.69 Å². The first-order chi connectivity index (χ1) is 8.50. The molecule has 1 aromatic carbocycles. The molecule has 18 heavy (non-hydrogen) atoms. The molecule has 0 aliphatic heterocycles. The Hall–Kier alpha value is -1.62. The van der Waals surface area contributed by atoms with Gasteiger partial charge in [0.25, 0.3) is 0 Å². The molecule has 0 unspecified atom stereocenters. The minimum Gasteiger partial charge on any atom is -0.378 e. The Balaban J connectivity index is 2.55. The molecule has 0 atom stereocenters. The van der Waals surface area contributed by atoms with Crippen molar-refractivity contribution in [3.8, 4) is 11.4 Å². The molecule has 0 radical (unpaired) electrons. The summed E-state index contributed by atoms with van der Waals surface area (Å²) >= 11 is 5.27. The Morgan fingerprint density at radius 2 is 2.06 bits per heavy atom. The normalized spacial score (nSPS) is 10.9. The molecular formula is C13H18N4S. The highest BCUT2D eigenvalue weighted by Crippen LogP contribution is 2.24. The van der Waals surface area contributed by atoms with Crippen molar-refractivity contribution in [3.05, 3.63) is 29.0 Å². The van der Waals surface area contributed by atoms with E-state index in [9.17, 15) is 0 Å². The largest absolute Gasteiger partial charge is 0.378 e. The fraction of sp³-hybridized carbons (Fsp3) is 0.385. The number of nitrogens with one attached hydrogen (secondary N) is 1. The zero-order valence-corrected chi connectivity index (χ0v) is 12.0. The summed E-state index contributed by atoms with van der Waals surface area (Å²) in [5.41, 5.74) is 2.22. The predicted molar refractivity (Wildman–Crippen MR) is 77.6 cm³/mol. The number of aromatic nitrogens is 3. The van der Waals surface area contributed by atoms with Crippen LogP contribution in [0.5, 0.6) is 0 Å². The molecular weight excluding hydrogens is 244 g/mol. The van der Waals surface area contributed by atoms with E-state index in [0.29, 0.717) is 4.77 Å². The Kier molecular flexibility index (Phi) is 3.52. The van der Waals surface area contributed by atoms with Crippen molar-refractivity contribution in [2.75, 3.05) is 19.0 Å². The van der Waals surface area contributed by atoms with Crippen LogP contribution in [0.1, 0.15) is 19.9 Å². The van der Waals surface area contributed by atoms with Crippen molar-refractivity contribution >= 4 is 17.9 Å². The molecule has 2 rings (SSSR count). The van der Waals surface area contributed by atoms with Gasteiger partial charge in [-0.05, 0) is 38.2 Å². The quantitative estimate of drug-likeness (QED) is 0.863. The number of rotatable bonds is 3. The van der Waals surface area contributed by atoms with Crippen LogP contribution in [-0.4, -0.2) is 28.9 Å². The van der Waals surface area contributed by atoms with Gasteiger partial charge in [-0.15, -0.1) is 0 Å². The summed E-state index contributed by atoms with van der Waals surface area (Å²) in [6.45, 7) is 4.20. The van der Waals surface area contributed by atoms with Crippen LogP contribution in [0.15, 0.2) is 24.3 Å². The molecule has 0 amide bonds. The highest BCUT2D eigenvalue weighted by atomic mass is 32.1. The zero-order valence-electron chi connectivity index (χ0n) is 11.1. The average Bonchev–Trinajstić information content (AvgIpc) is 2.71. The Bertz CT molecular complexity index is 595. The van der Waals surface area contributed by atoms with E-state index in [0.717, 1.165) is 17.1 Å². The number of hydrogen-bond acceptors (Lipinski definition) is 3. The lowest BCUT2D eigenvalue weighted by Gasteiger charge is -2.14. The standard InChI is InChI=1S/C13H18N4S/c1-9(2)17-12(14-15-13(17)18)10-6-5-7-11(8-10)16(3)4/h5-9H,1-4H3,(H,15,18). The molecule has 1 heterocycles. The molecule has 1 N–H and O–H groups in total. The van der Waals surface area contributed by atoms with E-state index in [1.54, 1.807) is 0 Å². The summed E-state index contributed by atoms with van der Waals surface area (Å²) < 4.78 is 2.69. The fourth-order valence-electron chi connectivity index (χ4n) is 1.91. The molecule has 4 nitrogen and oxygen atoms in total. The maximum atomic E-state index is 5.27.